The van der Waals surface area contributed by atoms with Crippen molar-refractivity contribution in [1.82, 2.24) is 0 Å². The first-order valence-corrected chi connectivity index (χ1v) is 4.05. The van der Waals surface area contributed by atoms with Gasteiger partial charge in [-0.1, -0.05) is 19.1 Å². The Hall–Kier alpha value is -0.300. The number of methoxy groups -OCH3 is 1. The van der Waals surface area contributed by atoms with Crippen LogP contribution in [0.5, 0.6) is 0 Å². The summed E-state index contributed by atoms with van der Waals surface area (Å²) in [6.07, 6.45) is 9.26. The zero-order valence-electron chi connectivity index (χ0n) is 7.10. The van der Waals surface area contributed by atoms with Gasteiger partial charge in [0.1, 0.15) is 0 Å². The van der Waals surface area contributed by atoms with Crippen molar-refractivity contribution >= 4 is 0 Å². The Balaban J connectivity index is 2.83. The number of allylic oxidation sites excluding steroid dienone is 2. The van der Waals surface area contributed by atoms with Crippen LogP contribution in [-0.2, 0) is 4.74 Å². The van der Waals surface area contributed by atoms with Crippen molar-refractivity contribution in [2.24, 2.45) is 0 Å². The third-order valence-corrected chi connectivity index (χ3v) is 1.37. The van der Waals surface area contributed by atoms with Crippen LogP contribution in [0.25, 0.3) is 0 Å². The monoisotopic (exact) mass is 142 g/mol. The van der Waals surface area contributed by atoms with Crippen LogP contribution in [-0.4, -0.2) is 13.7 Å². The molecule has 0 amide bonds. The lowest BCUT2D eigenvalue weighted by Crippen LogP contribution is -1.86. The van der Waals surface area contributed by atoms with Crippen LogP contribution in [0.1, 0.15) is 32.6 Å². The van der Waals surface area contributed by atoms with Gasteiger partial charge in [0.15, 0.2) is 0 Å². The van der Waals surface area contributed by atoms with Gasteiger partial charge in [-0.15, -0.1) is 0 Å². The van der Waals surface area contributed by atoms with Crippen LogP contribution in [0.15, 0.2) is 12.2 Å². The summed E-state index contributed by atoms with van der Waals surface area (Å²) in [4.78, 5) is 0. The molecule has 0 N–H and O–H groups in total. The minimum atomic E-state index is 0.903. The van der Waals surface area contributed by atoms with Crippen LogP contribution >= 0.6 is 0 Å². The zero-order chi connectivity index (χ0) is 7.66. The Morgan fingerprint density at radius 3 is 2.60 bits per heavy atom. The highest BCUT2D eigenvalue weighted by Crippen LogP contribution is 1.96. The van der Waals surface area contributed by atoms with Gasteiger partial charge in [-0.2, -0.15) is 0 Å². The number of ether oxygens (including phenoxy) is 1. The molecule has 0 aromatic rings. The molecule has 0 aliphatic heterocycles. The van der Waals surface area contributed by atoms with Crippen molar-refractivity contribution in [3.8, 4) is 0 Å². The fraction of sp³-hybridized carbons (Fsp3) is 0.778. The molecule has 10 heavy (non-hydrogen) atoms. The Morgan fingerprint density at radius 1 is 1.20 bits per heavy atom. The van der Waals surface area contributed by atoms with Gasteiger partial charge in [0, 0.05) is 13.7 Å². The summed E-state index contributed by atoms with van der Waals surface area (Å²) in [5.74, 6) is 0. The fourth-order valence-corrected chi connectivity index (χ4v) is 0.793. The molecule has 0 aliphatic carbocycles. The van der Waals surface area contributed by atoms with E-state index in [2.05, 4.69) is 19.1 Å². The molecular weight excluding hydrogens is 124 g/mol. The molecule has 60 valence electrons. The third-order valence-electron chi connectivity index (χ3n) is 1.37. The Bertz CT molecular complexity index is 76.8. The minimum Gasteiger partial charge on any atom is -0.385 e. The van der Waals surface area contributed by atoms with Gasteiger partial charge in [0.05, 0.1) is 0 Å². The first kappa shape index (κ1) is 9.70. The molecule has 0 aromatic heterocycles. The molecule has 0 rings (SSSR count). The lowest BCUT2D eigenvalue weighted by molar-refractivity contribution is 0.193. The second kappa shape index (κ2) is 8.70. The van der Waals surface area contributed by atoms with Gasteiger partial charge >= 0.3 is 0 Å². The predicted molar refractivity (Wildman–Crippen MR) is 45.2 cm³/mol. The molecule has 0 fully saturated rings. The minimum absolute atomic E-state index is 0.903. The molecule has 0 aliphatic rings. The van der Waals surface area contributed by atoms with E-state index in [0.717, 1.165) is 13.0 Å². The Labute approximate surface area is 64.1 Å². The highest BCUT2D eigenvalue weighted by molar-refractivity contribution is 4.79. The number of hydrogen-bond donors (Lipinski definition) is 0. The van der Waals surface area contributed by atoms with Crippen LogP contribution in [0, 0.1) is 0 Å². The van der Waals surface area contributed by atoms with Crippen molar-refractivity contribution in [3.05, 3.63) is 12.2 Å². The average Bonchev–Trinajstić information content (AvgIpc) is 1.97. The summed E-state index contributed by atoms with van der Waals surface area (Å²) < 4.78 is 4.92. The van der Waals surface area contributed by atoms with Gasteiger partial charge in [-0.25, -0.2) is 0 Å². The second-order valence-corrected chi connectivity index (χ2v) is 2.37. The molecule has 1 nitrogen and oxygen atoms in total. The van der Waals surface area contributed by atoms with E-state index in [1.54, 1.807) is 7.11 Å². The van der Waals surface area contributed by atoms with Crippen LogP contribution < -0.4 is 0 Å². The maximum absolute atomic E-state index is 4.92. The van der Waals surface area contributed by atoms with E-state index in [-0.39, 0.29) is 0 Å². The number of rotatable bonds is 6. The highest BCUT2D eigenvalue weighted by Gasteiger charge is 1.82. The normalized spacial score (nSPS) is 11.0. The molecule has 0 spiro atoms. The van der Waals surface area contributed by atoms with E-state index < -0.39 is 0 Å². The van der Waals surface area contributed by atoms with E-state index in [1.807, 2.05) is 0 Å². The van der Waals surface area contributed by atoms with Gasteiger partial charge < -0.3 is 4.74 Å². The number of hydrogen-bond acceptors (Lipinski definition) is 1. The highest BCUT2D eigenvalue weighted by atomic mass is 16.5. The molecular formula is C9H18O. The van der Waals surface area contributed by atoms with Crippen LogP contribution in [0.3, 0.4) is 0 Å². The summed E-state index contributed by atoms with van der Waals surface area (Å²) >= 11 is 0. The quantitative estimate of drug-likeness (QED) is 0.409. The molecule has 0 atom stereocenters. The van der Waals surface area contributed by atoms with E-state index in [9.17, 15) is 0 Å². The Morgan fingerprint density at radius 2 is 2.00 bits per heavy atom. The maximum atomic E-state index is 4.92. The molecule has 0 radical (unpaired) electrons. The molecule has 0 unspecified atom stereocenters. The zero-order valence-corrected chi connectivity index (χ0v) is 7.10. The van der Waals surface area contributed by atoms with Crippen molar-refractivity contribution in [3.63, 3.8) is 0 Å². The van der Waals surface area contributed by atoms with Crippen molar-refractivity contribution in [1.29, 1.82) is 0 Å². The van der Waals surface area contributed by atoms with Gasteiger partial charge in [-0.3, -0.25) is 0 Å². The first-order chi connectivity index (χ1) is 4.91. The molecule has 0 saturated heterocycles. The molecule has 0 saturated carbocycles. The van der Waals surface area contributed by atoms with Crippen molar-refractivity contribution < 1.29 is 4.74 Å². The average molecular weight is 142 g/mol. The number of unbranched alkanes of at least 4 members (excludes halogenated alkanes) is 2. The van der Waals surface area contributed by atoms with E-state index >= 15 is 0 Å². The van der Waals surface area contributed by atoms with E-state index in [1.165, 1.54) is 19.3 Å². The topological polar surface area (TPSA) is 9.23 Å². The van der Waals surface area contributed by atoms with Gasteiger partial charge in [0.25, 0.3) is 0 Å². The van der Waals surface area contributed by atoms with E-state index in [4.69, 9.17) is 4.74 Å². The Kier molecular flexibility index (Phi) is 8.44. The SMILES string of the molecule is CC/C=C/CCCCOC. The summed E-state index contributed by atoms with van der Waals surface area (Å²) in [6.45, 7) is 3.06. The first-order valence-electron chi connectivity index (χ1n) is 4.05. The lowest BCUT2D eigenvalue weighted by Gasteiger charge is -1.94. The molecule has 1 heteroatoms. The fourth-order valence-electron chi connectivity index (χ4n) is 0.793. The summed E-state index contributed by atoms with van der Waals surface area (Å²) in [7, 11) is 1.75. The standard InChI is InChI=1S/C9H18O/c1-3-4-5-6-7-8-9-10-2/h4-5H,3,6-9H2,1-2H3/b5-4+. The maximum Gasteiger partial charge on any atom is 0.0462 e. The summed E-state index contributed by atoms with van der Waals surface area (Å²) in [5.41, 5.74) is 0. The van der Waals surface area contributed by atoms with Crippen LogP contribution in [0.4, 0.5) is 0 Å². The third kappa shape index (κ3) is 7.70. The summed E-state index contributed by atoms with van der Waals surface area (Å²) in [6, 6.07) is 0. The second-order valence-electron chi connectivity index (χ2n) is 2.37. The van der Waals surface area contributed by atoms with Gasteiger partial charge in [-0.05, 0) is 25.7 Å². The largest absolute Gasteiger partial charge is 0.385 e. The van der Waals surface area contributed by atoms with Crippen molar-refractivity contribution in [2.45, 2.75) is 32.6 Å². The van der Waals surface area contributed by atoms with E-state index in [0.29, 0.717) is 0 Å². The lowest BCUT2D eigenvalue weighted by atomic mass is 10.2. The molecule has 0 bridgehead atoms. The molecule has 0 heterocycles. The van der Waals surface area contributed by atoms with Gasteiger partial charge in [0.2, 0.25) is 0 Å². The van der Waals surface area contributed by atoms with Crippen molar-refractivity contribution in [2.75, 3.05) is 13.7 Å². The molecule has 0 aromatic carbocycles. The van der Waals surface area contributed by atoms with Crippen LogP contribution in [0.2, 0.25) is 0 Å². The summed E-state index contributed by atoms with van der Waals surface area (Å²) in [5, 5.41) is 0. The predicted octanol–water partition coefficient (Wildman–Crippen LogP) is 2.77. The smallest absolute Gasteiger partial charge is 0.0462 e.